The molecule has 31 heavy (non-hydrogen) atoms. The molecule has 2 rings (SSSR count). The minimum Gasteiger partial charge on any atom is -0.291 e. The van der Waals surface area contributed by atoms with Gasteiger partial charge in [0.25, 0.3) is 0 Å². The Balaban J connectivity index is 2.83. The highest BCUT2D eigenvalue weighted by Crippen LogP contribution is 2.61. The van der Waals surface area contributed by atoms with Crippen LogP contribution in [-0.4, -0.2) is 40.7 Å². The third-order valence-electron chi connectivity index (χ3n) is 5.31. The first-order valence-corrected chi connectivity index (χ1v) is 10.1. The van der Waals surface area contributed by atoms with Crippen molar-refractivity contribution >= 4 is 23.4 Å². The van der Waals surface area contributed by atoms with Crippen LogP contribution in [0.3, 0.4) is 0 Å². The van der Waals surface area contributed by atoms with Crippen LogP contribution in [0.15, 0.2) is 35.4 Å². The van der Waals surface area contributed by atoms with Crippen molar-refractivity contribution in [2.24, 2.45) is 0 Å². The zero-order valence-corrected chi connectivity index (χ0v) is 17.9. The average Bonchev–Trinajstić information content (AvgIpc) is 2.65. The van der Waals surface area contributed by atoms with Crippen LogP contribution >= 0.6 is 11.8 Å². The van der Waals surface area contributed by atoms with E-state index in [0.29, 0.717) is 16.0 Å². The van der Waals surface area contributed by atoms with Gasteiger partial charge in [0, 0.05) is 24.8 Å². The van der Waals surface area contributed by atoms with Crippen molar-refractivity contribution in [3.8, 4) is 0 Å². The van der Waals surface area contributed by atoms with Crippen molar-refractivity contribution < 1.29 is 39.9 Å². The molecule has 0 radical (unpaired) electrons. The second-order valence-electron chi connectivity index (χ2n) is 7.57. The van der Waals surface area contributed by atoms with Gasteiger partial charge >= 0.3 is 24.2 Å². The number of hydrogen-bond donors (Lipinski definition) is 0. The van der Waals surface area contributed by atoms with Crippen LogP contribution in [-0.2, 0) is 4.79 Å². The van der Waals surface area contributed by atoms with Crippen LogP contribution in [0.4, 0.5) is 40.8 Å². The molecule has 0 fully saturated rings. The van der Waals surface area contributed by atoms with Crippen LogP contribution in [0.2, 0.25) is 0 Å². The van der Waals surface area contributed by atoms with E-state index in [0.717, 1.165) is 6.92 Å². The topological polar surface area (TPSA) is 20.3 Å². The molecule has 0 N–H and O–H groups in total. The Morgan fingerprint density at radius 2 is 1.52 bits per heavy atom. The third-order valence-corrected chi connectivity index (χ3v) is 6.94. The van der Waals surface area contributed by atoms with E-state index >= 15 is 8.78 Å². The summed E-state index contributed by atoms with van der Waals surface area (Å²) in [4.78, 5) is 9.52. The molecule has 11 heteroatoms. The molecule has 1 aromatic carbocycles. The van der Waals surface area contributed by atoms with Gasteiger partial charge in [-0.15, -0.1) is 11.8 Å². The predicted molar refractivity (Wildman–Crippen MR) is 103 cm³/mol. The van der Waals surface area contributed by atoms with Crippen molar-refractivity contribution in [1.29, 1.82) is 0 Å². The van der Waals surface area contributed by atoms with Gasteiger partial charge in [0.05, 0.1) is 0 Å². The van der Waals surface area contributed by atoms with Gasteiger partial charge in [-0.25, -0.2) is 8.78 Å². The molecule has 0 aromatic heterocycles. The predicted octanol–water partition coefficient (Wildman–Crippen LogP) is 6.69. The number of carbonyl (C=O) groups is 1. The Hall–Kier alpha value is -1.78. The molecular formula is C20H21F8NOS. The quantitative estimate of drug-likeness (QED) is 0.338. The number of nitrogens with zero attached hydrogens (tertiary/aromatic N) is 1. The summed E-state index contributed by atoms with van der Waals surface area (Å²) in [5, 5.41) is 0. The Morgan fingerprint density at radius 1 is 1.00 bits per heavy atom. The van der Waals surface area contributed by atoms with E-state index in [1.54, 1.807) is 13.8 Å². The molecule has 1 heterocycles. The second-order valence-corrected chi connectivity index (χ2v) is 8.83. The van der Waals surface area contributed by atoms with E-state index in [-0.39, 0.29) is 28.8 Å². The molecule has 0 saturated carbocycles. The van der Waals surface area contributed by atoms with Gasteiger partial charge in [-0.1, -0.05) is 28.8 Å². The van der Waals surface area contributed by atoms with E-state index in [1.807, 2.05) is 0 Å². The number of anilines is 1. The van der Waals surface area contributed by atoms with E-state index in [1.165, 1.54) is 31.2 Å². The fraction of sp³-hybridized carbons (Fsp3) is 0.550. The standard InChI is InChI=1S/C20H21F8NOS/c1-11-5-7-15(8-6-11)29(14(4)30)17(9-12(2)13(3)10-31-17)19(25,26)20(27,28)18(23,24)16(21)22/h5-8,16H,9-10H2,1-4H3. The number of carbonyl (C=O) groups excluding carboxylic acids is 1. The highest BCUT2D eigenvalue weighted by atomic mass is 32.2. The average molecular weight is 475 g/mol. The van der Waals surface area contributed by atoms with E-state index in [2.05, 4.69) is 0 Å². The molecular weight excluding hydrogens is 454 g/mol. The molecule has 0 aliphatic carbocycles. The minimum absolute atomic E-state index is 0.159. The molecule has 0 bridgehead atoms. The van der Waals surface area contributed by atoms with Gasteiger partial charge in [0.1, 0.15) is 0 Å². The zero-order valence-electron chi connectivity index (χ0n) is 17.1. The fourth-order valence-corrected chi connectivity index (χ4v) is 5.02. The number of aryl methyl sites for hydroxylation is 1. The molecule has 1 amide bonds. The van der Waals surface area contributed by atoms with E-state index in [9.17, 15) is 31.1 Å². The Kier molecular flexibility index (Phi) is 6.81. The minimum atomic E-state index is -6.45. The SMILES string of the molecule is CC(=O)N(c1ccc(C)cc1)C1(C(F)(F)C(F)(F)C(F)(F)C(F)F)CC(C)=C(C)CS1. The number of halogens is 8. The summed E-state index contributed by atoms with van der Waals surface area (Å²) in [6.45, 7) is 5.36. The molecule has 0 spiro atoms. The van der Waals surface area contributed by atoms with Crippen molar-refractivity contribution in [2.45, 2.75) is 63.2 Å². The second kappa shape index (κ2) is 8.29. The maximum absolute atomic E-state index is 15.5. The first kappa shape index (κ1) is 25.5. The van der Waals surface area contributed by atoms with Crippen LogP contribution in [0, 0.1) is 6.92 Å². The normalized spacial score (nSPS) is 20.9. The number of thioether (sulfide) groups is 1. The highest BCUT2D eigenvalue weighted by Gasteiger charge is 2.82. The van der Waals surface area contributed by atoms with Crippen LogP contribution in [0.1, 0.15) is 32.8 Å². The Labute approximate surface area is 178 Å². The van der Waals surface area contributed by atoms with E-state index < -0.39 is 41.4 Å². The molecule has 1 unspecified atom stereocenters. The van der Waals surface area contributed by atoms with E-state index in [4.69, 9.17) is 0 Å². The number of hydrogen-bond acceptors (Lipinski definition) is 2. The highest BCUT2D eigenvalue weighted by molar-refractivity contribution is 8.01. The summed E-state index contributed by atoms with van der Waals surface area (Å²) in [6, 6.07) is 5.26. The zero-order chi connectivity index (χ0) is 24.0. The van der Waals surface area contributed by atoms with Gasteiger partial charge < -0.3 is 0 Å². The lowest BCUT2D eigenvalue weighted by Gasteiger charge is -2.52. The van der Waals surface area contributed by atoms with Crippen molar-refractivity contribution in [1.82, 2.24) is 0 Å². The van der Waals surface area contributed by atoms with Crippen LogP contribution in [0.25, 0.3) is 0 Å². The third kappa shape index (κ3) is 3.93. The maximum atomic E-state index is 15.5. The summed E-state index contributed by atoms with van der Waals surface area (Å²) in [5.41, 5.74) is 1.13. The summed E-state index contributed by atoms with van der Waals surface area (Å²) in [5.74, 6) is -19.9. The molecule has 1 aromatic rings. The lowest BCUT2D eigenvalue weighted by Crippen LogP contribution is -2.72. The molecule has 2 nitrogen and oxygen atoms in total. The van der Waals surface area contributed by atoms with Crippen molar-refractivity contribution in [2.75, 3.05) is 10.7 Å². The first-order chi connectivity index (χ1) is 14.0. The number of alkyl halides is 8. The number of benzene rings is 1. The Morgan fingerprint density at radius 3 is 1.94 bits per heavy atom. The molecule has 1 atom stereocenters. The first-order valence-electron chi connectivity index (χ1n) is 9.11. The number of amides is 1. The summed E-state index contributed by atoms with van der Waals surface area (Å²) in [6.07, 6.45) is -5.96. The maximum Gasteiger partial charge on any atom is 0.381 e. The van der Waals surface area contributed by atoms with Crippen LogP contribution in [0.5, 0.6) is 0 Å². The van der Waals surface area contributed by atoms with Gasteiger partial charge in [0.15, 0.2) is 4.87 Å². The van der Waals surface area contributed by atoms with Gasteiger partial charge in [-0.2, -0.15) is 26.3 Å². The lowest BCUT2D eigenvalue weighted by atomic mass is 9.88. The fourth-order valence-electron chi connectivity index (χ4n) is 3.33. The largest absolute Gasteiger partial charge is 0.381 e. The Bertz CT molecular complexity index is 868. The summed E-state index contributed by atoms with van der Waals surface area (Å²) >= 11 is 0.159. The van der Waals surface area contributed by atoms with Crippen LogP contribution < -0.4 is 4.90 Å². The molecule has 0 saturated heterocycles. The number of rotatable bonds is 6. The van der Waals surface area contributed by atoms with Crippen molar-refractivity contribution in [3.63, 3.8) is 0 Å². The monoisotopic (exact) mass is 475 g/mol. The van der Waals surface area contributed by atoms with Crippen molar-refractivity contribution in [3.05, 3.63) is 41.0 Å². The lowest BCUT2D eigenvalue weighted by molar-refractivity contribution is -0.345. The van der Waals surface area contributed by atoms with Gasteiger partial charge in [-0.3, -0.25) is 9.69 Å². The van der Waals surface area contributed by atoms with Gasteiger partial charge in [0.2, 0.25) is 5.91 Å². The molecule has 174 valence electrons. The molecule has 1 aliphatic rings. The smallest absolute Gasteiger partial charge is 0.291 e. The summed E-state index contributed by atoms with van der Waals surface area (Å²) in [7, 11) is 0. The summed E-state index contributed by atoms with van der Waals surface area (Å²) < 4.78 is 113. The molecule has 1 aliphatic heterocycles. The van der Waals surface area contributed by atoms with Gasteiger partial charge in [-0.05, 0) is 32.9 Å².